The van der Waals surface area contributed by atoms with Gasteiger partial charge in [0.2, 0.25) is 11.8 Å². The van der Waals surface area contributed by atoms with Gasteiger partial charge in [-0.05, 0) is 37.7 Å². The summed E-state index contributed by atoms with van der Waals surface area (Å²) in [5.74, 6) is -0.954. The highest BCUT2D eigenvalue weighted by atomic mass is 16.6. The van der Waals surface area contributed by atoms with Crippen molar-refractivity contribution in [3.05, 3.63) is 35.9 Å². The molecular formula is C29H47N3O5. The molecule has 0 aromatic heterocycles. The molecule has 0 radical (unpaired) electrons. The second-order valence-corrected chi connectivity index (χ2v) is 12.7. The van der Waals surface area contributed by atoms with Crippen LogP contribution in [-0.4, -0.2) is 71.8 Å². The van der Waals surface area contributed by atoms with Gasteiger partial charge in [-0.25, -0.2) is 4.79 Å². The fourth-order valence-corrected chi connectivity index (χ4v) is 4.37. The van der Waals surface area contributed by atoms with Crippen LogP contribution < -0.4 is 5.32 Å². The molecule has 0 aliphatic heterocycles. The first-order chi connectivity index (χ1) is 16.8. The molecule has 37 heavy (non-hydrogen) atoms. The van der Waals surface area contributed by atoms with E-state index in [0.29, 0.717) is 0 Å². The number of nitrogens with one attached hydrogen (secondary N) is 1. The molecule has 8 nitrogen and oxygen atoms in total. The highest BCUT2D eigenvalue weighted by Gasteiger charge is 2.45. The van der Waals surface area contributed by atoms with E-state index in [2.05, 4.69) is 5.32 Å². The van der Waals surface area contributed by atoms with Crippen LogP contribution in [0.2, 0.25) is 0 Å². The van der Waals surface area contributed by atoms with Crippen molar-refractivity contribution in [1.82, 2.24) is 15.1 Å². The van der Waals surface area contributed by atoms with E-state index in [9.17, 15) is 19.2 Å². The Labute approximate surface area is 223 Å². The van der Waals surface area contributed by atoms with Crippen molar-refractivity contribution in [1.29, 1.82) is 0 Å². The molecule has 3 atom stereocenters. The maximum absolute atomic E-state index is 14.0. The standard InChI is InChI=1S/C29H47N3O5/c1-19(2)21(18-33)31(11)25(35)22(27(3,4)5)30-24(34)23(32(12)26(36)37-28(6,7)8)29(9,10)20-16-14-13-15-17-20/h13-19,21-23H,1-12H3,(H,30,34)/t21-,22?,23-/m1/s1. The zero-order valence-electron chi connectivity index (χ0n) is 24.7. The number of nitrogens with zero attached hydrogens (tertiary/aromatic N) is 2. The average molecular weight is 518 g/mol. The van der Waals surface area contributed by atoms with Gasteiger partial charge in [0.1, 0.15) is 24.0 Å². The van der Waals surface area contributed by atoms with Crippen LogP contribution in [-0.2, 0) is 24.5 Å². The topological polar surface area (TPSA) is 96.0 Å². The van der Waals surface area contributed by atoms with Gasteiger partial charge < -0.3 is 19.7 Å². The highest BCUT2D eigenvalue weighted by Crippen LogP contribution is 2.32. The monoisotopic (exact) mass is 517 g/mol. The molecule has 8 heteroatoms. The van der Waals surface area contributed by atoms with Crippen LogP contribution in [0.15, 0.2) is 30.3 Å². The summed E-state index contributed by atoms with van der Waals surface area (Å²) >= 11 is 0. The molecule has 1 unspecified atom stereocenters. The Kier molecular flexibility index (Phi) is 10.5. The minimum absolute atomic E-state index is 0.0918. The lowest BCUT2D eigenvalue weighted by molar-refractivity contribution is -0.144. The molecule has 1 N–H and O–H groups in total. The van der Waals surface area contributed by atoms with E-state index in [1.54, 1.807) is 27.8 Å². The molecular weight excluding hydrogens is 470 g/mol. The van der Waals surface area contributed by atoms with E-state index in [1.165, 1.54) is 16.8 Å². The second kappa shape index (κ2) is 12.1. The Morgan fingerprint density at radius 1 is 0.892 bits per heavy atom. The average Bonchev–Trinajstić information content (AvgIpc) is 2.75. The van der Waals surface area contributed by atoms with Crippen molar-refractivity contribution in [2.24, 2.45) is 11.3 Å². The quantitative estimate of drug-likeness (QED) is 0.490. The van der Waals surface area contributed by atoms with Gasteiger partial charge in [-0.3, -0.25) is 14.5 Å². The van der Waals surface area contributed by atoms with Crippen molar-refractivity contribution in [3.8, 4) is 0 Å². The lowest BCUT2D eigenvalue weighted by Crippen LogP contribution is -2.63. The van der Waals surface area contributed by atoms with Crippen molar-refractivity contribution in [2.75, 3.05) is 14.1 Å². The molecule has 0 aliphatic carbocycles. The summed E-state index contributed by atoms with van der Waals surface area (Å²) in [6.07, 6.45) is 0.107. The first-order valence-corrected chi connectivity index (χ1v) is 12.8. The first kappa shape index (κ1) is 32.1. The highest BCUT2D eigenvalue weighted by molar-refractivity contribution is 5.93. The molecule has 1 rings (SSSR count). The number of hydrogen-bond acceptors (Lipinski definition) is 5. The molecule has 0 saturated heterocycles. The number of likely N-dealkylation sites (N-methyl/N-ethyl adjacent to an activating group) is 2. The third-order valence-corrected chi connectivity index (χ3v) is 6.54. The Morgan fingerprint density at radius 2 is 1.41 bits per heavy atom. The van der Waals surface area contributed by atoms with Crippen LogP contribution >= 0.6 is 0 Å². The van der Waals surface area contributed by atoms with Crippen LogP contribution in [0.1, 0.15) is 74.8 Å². The summed E-state index contributed by atoms with van der Waals surface area (Å²) < 4.78 is 5.58. The second-order valence-electron chi connectivity index (χ2n) is 12.7. The molecule has 0 bridgehead atoms. The van der Waals surface area contributed by atoms with Crippen LogP contribution in [0.25, 0.3) is 0 Å². The predicted molar refractivity (Wildman–Crippen MR) is 146 cm³/mol. The number of ether oxygens (including phenoxy) is 1. The van der Waals surface area contributed by atoms with E-state index >= 15 is 0 Å². The summed E-state index contributed by atoms with van der Waals surface area (Å²) in [7, 11) is 3.11. The van der Waals surface area contributed by atoms with E-state index in [0.717, 1.165) is 11.8 Å². The van der Waals surface area contributed by atoms with E-state index in [1.807, 2.05) is 78.8 Å². The van der Waals surface area contributed by atoms with Gasteiger partial charge in [0.25, 0.3) is 0 Å². The van der Waals surface area contributed by atoms with E-state index in [-0.39, 0.29) is 11.8 Å². The number of benzene rings is 1. The van der Waals surface area contributed by atoms with Crippen molar-refractivity contribution >= 4 is 24.2 Å². The Morgan fingerprint density at radius 3 is 1.81 bits per heavy atom. The van der Waals surface area contributed by atoms with E-state index < -0.39 is 46.6 Å². The molecule has 208 valence electrons. The molecule has 3 amide bonds. The van der Waals surface area contributed by atoms with Gasteiger partial charge in [-0.1, -0.05) is 78.8 Å². The number of aldehydes is 1. The summed E-state index contributed by atoms with van der Waals surface area (Å²) in [6, 6.07) is 6.88. The molecule has 0 saturated carbocycles. The van der Waals surface area contributed by atoms with Gasteiger partial charge in [0.15, 0.2) is 0 Å². The zero-order valence-corrected chi connectivity index (χ0v) is 24.7. The Balaban J connectivity index is 3.53. The smallest absolute Gasteiger partial charge is 0.410 e. The molecule has 0 fully saturated rings. The molecule has 0 aliphatic rings. The largest absolute Gasteiger partial charge is 0.444 e. The SMILES string of the molecule is CC(C)[C@@H](C=O)N(C)C(=O)C(NC(=O)[C@@H](N(C)C(=O)OC(C)(C)C)C(C)(C)c1ccccc1)C(C)(C)C. The Bertz CT molecular complexity index is 945. The number of amides is 3. The minimum atomic E-state index is -1.00. The zero-order chi connectivity index (χ0) is 28.9. The van der Waals surface area contributed by atoms with Crippen molar-refractivity contribution < 1.29 is 23.9 Å². The third kappa shape index (κ3) is 8.30. The van der Waals surface area contributed by atoms with Crippen molar-refractivity contribution in [3.63, 3.8) is 0 Å². The number of carbonyl (C=O) groups excluding carboxylic acids is 4. The maximum atomic E-state index is 14.0. The van der Waals surface area contributed by atoms with Crippen molar-refractivity contribution in [2.45, 2.75) is 98.4 Å². The van der Waals surface area contributed by atoms with E-state index in [4.69, 9.17) is 4.74 Å². The van der Waals surface area contributed by atoms with Gasteiger partial charge in [0, 0.05) is 19.5 Å². The normalized spacial score (nSPS) is 14.8. The first-order valence-electron chi connectivity index (χ1n) is 12.8. The van der Waals surface area contributed by atoms with Crippen LogP contribution in [0, 0.1) is 11.3 Å². The summed E-state index contributed by atoms with van der Waals surface area (Å²) in [4.78, 5) is 55.2. The number of carbonyl (C=O) groups is 4. The van der Waals surface area contributed by atoms with Crippen LogP contribution in [0.5, 0.6) is 0 Å². The number of rotatable bonds is 9. The van der Waals surface area contributed by atoms with Gasteiger partial charge >= 0.3 is 6.09 Å². The van der Waals surface area contributed by atoms with Gasteiger partial charge in [0.05, 0.1) is 6.04 Å². The Hall–Kier alpha value is -2.90. The summed E-state index contributed by atoms with van der Waals surface area (Å²) in [5, 5.41) is 2.93. The lowest BCUT2D eigenvalue weighted by Gasteiger charge is -2.42. The summed E-state index contributed by atoms with van der Waals surface area (Å²) in [5.41, 5.74) is -1.41. The molecule has 1 aromatic carbocycles. The maximum Gasteiger partial charge on any atom is 0.410 e. The predicted octanol–water partition coefficient (Wildman–Crippen LogP) is 4.41. The summed E-state index contributed by atoms with van der Waals surface area (Å²) in [6.45, 7) is 18.3. The third-order valence-electron chi connectivity index (χ3n) is 6.54. The fraction of sp³-hybridized carbons (Fsp3) is 0.655. The fourth-order valence-electron chi connectivity index (χ4n) is 4.37. The van der Waals surface area contributed by atoms with Gasteiger partial charge in [-0.2, -0.15) is 0 Å². The minimum Gasteiger partial charge on any atom is -0.444 e. The lowest BCUT2D eigenvalue weighted by atomic mass is 9.76. The van der Waals surface area contributed by atoms with Gasteiger partial charge in [-0.15, -0.1) is 0 Å². The molecule has 1 aromatic rings. The molecule has 0 heterocycles. The number of hydrogen-bond donors (Lipinski definition) is 1. The van der Waals surface area contributed by atoms with Crippen LogP contribution in [0.3, 0.4) is 0 Å². The molecule has 0 spiro atoms. The van der Waals surface area contributed by atoms with Crippen LogP contribution in [0.4, 0.5) is 4.79 Å².